The van der Waals surface area contributed by atoms with E-state index >= 15 is 0 Å². The van der Waals surface area contributed by atoms with Crippen molar-refractivity contribution in [3.05, 3.63) is 30.3 Å². The summed E-state index contributed by atoms with van der Waals surface area (Å²) < 4.78 is 0. The Kier molecular flexibility index (Phi) is 4.06. The van der Waals surface area contributed by atoms with Crippen LogP contribution < -0.4 is 10.2 Å². The lowest BCUT2D eigenvalue weighted by Gasteiger charge is -2.39. The molecule has 2 amide bonds. The van der Waals surface area contributed by atoms with Crippen LogP contribution in [0.3, 0.4) is 0 Å². The number of carbonyl (C=O) groups is 1. The number of rotatable bonds is 1. The summed E-state index contributed by atoms with van der Waals surface area (Å²) in [5.41, 5.74) is 1.25. The largest absolute Gasteiger partial charge is 0.368 e. The molecule has 0 spiro atoms. The molecule has 0 aromatic heterocycles. The number of hydrogen-bond donors (Lipinski definition) is 1. The third-order valence-corrected chi connectivity index (χ3v) is 4.06. The quantitative estimate of drug-likeness (QED) is 0.824. The SMILES string of the molecule is O=C(N1CCNCC1)N1CCN(c2ccccc2)CC1. The number of anilines is 1. The number of amides is 2. The van der Waals surface area contributed by atoms with E-state index in [0.29, 0.717) is 0 Å². The van der Waals surface area contributed by atoms with E-state index in [1.54, 1.807) is 0 Å². The van der Waals surface area contributed by atoms with Crippen molar-refractivity contribution >= 4 is 11.7 Å². The molecule has 3 rings (SSSR count). The highest BCUT2D eigenvalue weighted by Gasteiger charge is 2.25. The summed E-state index contributed by atoms with van der Waals surface area (Å²) in [6.07, 6.45) is 0. The van der Waals surface area contributed by atoms with Gasteiger partial charge in [0, 0.05) is 58.0 Å². The molecule has 108 valence electrons. The maximum absolute atomic E-state index is 12.4. The molecular formula is C15H22N4O. The van der Waals surface area contributed by atoms with Crippen molar-refractivity contribution in [2.75, 3.05) is 57.3 Å². The van der Waals surface area contributed by atoms with E-state index in [9.17, 15) is 4.79 Å². The number of benzene rings is 1. The zero-order valence-corrected chi connectivity index (χ0v) is 11.8. The minimum Gasteiger partial charge on any atom is -0.368 e. The van der Waals surface area contributed by atoms with E-state index in [1.165, 1.54) is 5.69 Å². The van der Waals surface area contributed by atoms with E-state index in [-0.39, 0.29) is 6.03 Å². The fourth-order valence-corrected chi connectivity index (χ4v) is 2.85. The first-order chi connectivity index (χ1) is 9.84. The van der Waals surface area contributed by atoms with Gasteiger partial charge in [0.2, 0.25) is 0 Å². The highest BCUT2D eigenvalue weighted by Crippen LogP contribution is 2.16. The molecule has 1 aromatic rings. The Morgan fingerprint density at radius 2 is 1.45 bits per heavy atom. The molecule has 1 N–H and O–H groups in total. The van der Waals surface area contributed by atoms with Crippen LogP contribution in [0, 0.1) is 0 Å². The molecule has 2 aliphatic heterocycles. The molecule has 5 heteroatoms. The number of urea groups is 1. The van der Waals surface area contributed by atoms with Crippen molar-refractivity contribution in [2.45, 2.75) is 0 Å². The van der Waals surface area contributed by atoms with Crippen molar-refractivity contribution in [3.63, 3.8) is 0 Å². The van der Waals surface area contributed by atoms with Gasteiger partial charge in [-0.3, -0.25) is 0 Å². The molecule has 0 unspecified atom stereocenters. The van der Waals surface area contributed by atoms with Gasteiger partial charge in [-0.05, 0) is 12.1 Å². The van der Waals surface area contributed by atoms with Crippen molar-refractivity contribution < 1.29 is 4.79 Å². The summed E-state index contributed by atoms with van der Waals surface area (Å²) >= 11 is 0. The Labute approximate surface area is 120 Å². The molecule has 0 saturated carbocycles. The third kappa shape index (κ3) is 2.88. The summed E-state index contributed by atoms with van der Waals surface area (Å²) in [6.45, 7) is 6.96. The van der Waals surface area contributed by atoms with Crippen LogP contribution in [0.5, 0.6) is 0 Å². The standard InChI is InChI=1S/C15H22N4O/c20-15(18-8-6-16-7-9-18)19-12-10-17(11-13-19)14-4-2-1-3-5-14/h1-5,16H,6-13H2. The van der Waals surface area contributed by atoms with E-state index in [0.717, 1.165) is 52.4 Å². The number of hydrogen-bond acceptors (Lipinski definition) is 3. The van der Waals surface area contributed by atoms with Crippen LogP contribution in [0.2, 0.25) is 0 Å². The molecule has 5 nitrogen and oxygen atoms in total. The van der Waals surface area contributed by atoms with Gasteiger partial charge in [-0.25, -0.2) is 4.79 Å². The molecule has 2 fully saturated rings. The average molecular weight is 274 g/mol. The van der Waals surface area contributed by atoms with Crippen molar-refractivity contribution in [3.8, 4) is 0 Å². The summed E-state index contributed by atoms with van der Waals surface area (Å²) in [5, 5.41) is 3.28. The molecule has 0 aliphatic carbocycles. The smallest absolute Gasteiger partial charge is 0.320 e. The predicted octanol–water partition coefficient (Wildman–Crippen LogP) is 0.834. The van der Waals surface area contributed by atoms with Gasteiger partial charge >= 0.3 is 6.03 Å². The normalized spacial score (nSPS) is 20.1. The molecule has 20 heavy (non-hydrogen) atoms. The first-order valence-electron chi connectivity index (χ1n) is 7.39. The Hall–Kier alpha value is -1.75. The maximum atomic E-state index is 12.4. The Morgan fingerprint density at radius 3 is 2.10 bits per heavy atom. The number of nitrogens with one attached hydrogen (secondary N) is 1. The molecule has 2 saturated heterocycles. The third-order valence-electron chi connectivity index (χ3n) is 4.06. The molecular weight excluding hydrogens is 252 g/mol. The minimum absolute atomic E-state index is 0.208. The van der Waals surface area contributed by atoms with Gasteiger partial charge < -0.3 is 20.0 Å². The zero-order chi connectivity index (χ0) is 13.8. The van der Waals surface area contributed by atoms with Gasteiger partial charge in [-0.1, -0.05) is 18.2 Å². The number of piperazine rings is 2. The van der Waals surface area contributed by atoms with Gasteiger partial charge in [-0.15, -0.1) is 0 Å². The topological polar surface area (TPSA) is 38.8 Å². The van der Waals surface area contributed by atoms with Crippen LogP contribution in [0.25, 0.3) is 0 Å². The van der Waals surface area contributed by atoms with Crippen LogP contribution in [0.1, 0.15) is 0 Å². The van der Waals surface area contributed by atoms with Gasteiger partial charge in [0.05, 0.1) is 0 Å². The monoisotopic (exact) mass is 274 g/mol. The van der Waals surface area contributed by atoms with Crippen LogP contribution in [-0.2, 0) is 0 Å². The van der Waals surface area contributed by atoms with Crippen LogP contribution in [-0.4, -0.2) is 68.2 Å². The second-order valence-corrected chi connectivity index (χ2v) is 5.33. The molecule has 0 atom stereocenters. The Balaban J connectivity index is 1.54. The summed E-state index contributed by atoms with van der Waals surface area (Å²) in [6, 6.07) is 10.6. The zero-order valence-electron chi connectivity index (χ0n) is 11.8. The molecule has 1 aromatic carbocycles. The highest BCUT2D eigenvalue weighted by molar-refractivity contribution is 5.75. The minimum atomic E-state index is 0.208. The molecule has 2 aliphatic rings. The van der Waals surface area contributed by atoms with Gasteiger partial charge in [0.25, 0.3) is 0 Å². The second kappa shape index (κ2) is 6.13. The number of nitrogens with zero attached hydrogens (tertiary/aromatic N) is 3. The summed E-state index contributed by atoms with van der Waals surface area (Å²) in [5.74, 6) is 0. The number of para-hydroxylation sites is 1. The lowest BCUT2D eigenvalue weighted by atomic mass is 10.2. The second-order valence-electron chi connectivity index (χ2n) is 5.33. The summed E-state index contributed by atoms with van der Waals surface area (Å²) in [7, 11) is 0. The van der Waals surface area contributed by atoms with E-state index in [2.05, 4.69) is 34.5 Å². The van der Waals surface area contributed by atoms with Gasteiger partial charge in [0.1, 0.15) is 0 Å². The lowest BCUT2D eigenvalue weighted by molar-refractivity contribution is 0.144. The van der Waals surface area contributed by atoms with E-state index in [4.69, 9.17) is 0 Å². The average Bonchev–Trinajstić information content (AvgIpc) is 2.56. The molecule has 0 bridgehead atoms. The van der Waals surface area contributed by atoms with Gasteiger partial charge in [-0.2, -0.15) is 0 Å². The van der Waals surface area contributed by atoms with E-state index in [1.807, 2.05) is 15.9 Å². The first kappa shape index (κ1) is 13.2. The molecule has 0 radical (unpaired) electrons. The number of carbonyl (C=O) groups excluding carboxylic acids is 1. The van der Waals surface area contributed by atoms with Crippen molar-refractivity contribution in [1.29, 1.82) is 0 Å². The fraction of sp³-hybridized carbons (Fsp3) is 0.533. The summed E-state index contributed by atoms with van der Waals surface area (Å²) in [4.78, 5) is 18.7. The van der Waals surface area contributed by atoms with E-state index < -0.39 is 0 Å². The highest BCUT2D eigenvalue weighted by atomic mass is 16.2. The van der Waals surface area contributed by atoms with Crippen LogP contribution in [0.15, 0.2) is 30.3 Å². The maximum Gasteiger partial charge on any atom is 0.320 e. The molecule has 2 heterocycles. The van der Waals surface area contributed by atoms with Crippen LogP contribution in [0.4, 0.5) is 10.5 Å². The lowest BCUT2D eigenvalue weighted by Crippen LogP contribution is -2.56. The fourth-order valence-electron chi connectivity index (χ4n) is 2.85. The predicted molar refractivity (Wildman–Crippen MR) is 80.1 cm³/mol. The van der Waals surface area contributed by atoms with Crippen LogP contribution >= 0.6 is 0 Å². The van der Waals surface area contributed by atoms with Crippen molar-refractivity contribution in [1.82, 2.24) is 15.1 Å². The van der Waals surface area contributed by atoms with Crippen molar-refractivity contribution in [2.24, 2.45) is 0 Å². The first-order valence-corrected chi connectivity index (χ1v) is 7.39. The Bertz CT molecular complexity index is 436. The van der Waals surface area contributed by atoms with Gasteiger partial charge in [0.15, 0.2) is 0 Å². The Morgan fingerprint density at radius 1 is 0.850 bits per heavy atom.